The van der Waals surface area contributed by atoms with Crippen LogP contribution in [-0.4, -0.2) is 30.1 Å². The van der Waals surface area contributed by atoms with Gasteiger partial charge in [0.1, 0.15) is 0 Å². The van der Waals surface area contributed by atoms with Gasteiger partial charge in [0.25, 0.3) is 5.91 Å². The molecule has 4 rings (SSSR count). The molecule has 0 unspecified atom stereocenters. The lowest BCUT2D eigenvalue weighted by atomic mass is 10.1. The van der Waals surface area contributed by atoms with Gasteiger partial charge in [-0.15, -0.1) is 11.3 Å². The molecule has 2 heterocycles. The molecule has 8 nitrogen and oxygen atoms in total. The maximum absolute atomic E-state index is 12.5. The number of hydrogen-bond acceptors (Lipinski definition) is 7. The van der Waals surface area contributed by atoms with Crippen LogP contribution in [0.4, 0.5) is 5.13 Å². The molecule has 0 atom stereocenters. The van der Waals surface area contributed by atoms with E-state index < -0.39 is 5.76 Å². The molecular weight excluding hydrogens is 382 g/mol. The van der Waals surface area contributed by atoms with Crippen LogP contribution in [0.1, 0.15) is 10.4 Å². The average molecular weight is 397 g/mol. The summed E-state index contributed by atoms with van der Waals surface area (Å²) in [5.74, 6) is 0.199. The van der Waals surface area contributed by atoms with E-state index in [2.05, 4.69) is 15.3 Å². The number of amides is 1. The summed E-state index contributed by atoms with van der Waals surface area (Å²) in [6.07, 6.45) is 0. The van der Waals surface area contributed by atoms with E-state index in [1.54, 1.807) is 36.4 Å². The topological polar surface area (TPSA) is 106 Å². The molecular formula is C19H15N3O5S. The number of methoxy groups -OCH3 is 2. The highest BCUT2D eigenvalue weighted by molar-refractivity contribution is 7.14. The van der Waals surface area contributed by atoms with Crippen molar-refractivity contribution in [2.24, 2.45) is 0 Å². The first-order valence-corrected chi connectivity index (χ1v) is 9.07. The van der Waals surface area contributed by atoms with Gasteiger partial charge < -0.3 is 13.9 Å². The number of ether oxygens (including phenoxy) is 2. The standard InChI is InChI=1S/C19H15N3O5S/c1-25-15-6-4-11(8-16(15)26-2)17(23)22-18-20-13(9-28-18)10-3-5-14-12(7-10)21-19(24)27-14/h3-9H,1-2H3,(H,21,24)(H,20,22,23). The Labute approximate surface area is 162 Å². The van der Waals surface area contributed by atoms with Crippen molar-refractivity contribution in [3.05, 3.63) is 57.9 Å². The van der Waals surface area contributed by atoms with Crippen molar-refractivity contribution < 1.29 is 18.7 Å². The Bertz CT molecular complexity index is 1220. The minimum atomic E-state index is -0.506. The number of nitrogens with one attached hydrogen (secondary N) is 2. The Balaban J connectivity index is 1.55. The van der Waals surface area contributed by atoms with E-state index in [9.17, 15) is 9.59 Å². The van der Waals surface area contributed by atoms with Crippen LogP contribution < -0.4 is 20.5 Å². The normalized spacial score (nSPS) is 10.8. The van der Waals surface area contributed by atoms with Crippen LogP contribution in [0.5, 0.6) is 11.5 Å². The van der Waals surface area contributed by atoms with E-state index >= 15 is 0 Å². The van der Waals surface area contributed by atoms with Crippen molar-refractivity contribution in [3.8, 4) is 22.8 Å². The zero-order chi connectivity index (χ0) is 19.7. The van der Waals surface area contributed by atoms with E-state index in [0.29, 0.717) is 39.0 Å². The molecule has 0 saturated carbocycles. The lowest BCUT2D eigenvalue weighted by Gasteiger charge is -2.09. The fourth-order valence-corrected chi connectivity index (χ4v) is 3.44. The molecule has 0 saturated heterocycles. The number of fused-ring (bicyclic) bond motifs is 1. The first-order valence-electron chi connectivity index (χ1n) is 8.19. The highest BCUT2D eigenvalue weighted by Crippen LogP contribution is 2.29. The van der Waals surface area contributed by atoms with Gasteiger partial charge in [-0.05, 0) is 36.4 Å². The monoisotopic (exact) mass is 397 g/mol. The maximum Gasteiger partial charge on any atom is 0.417 e. The van der Waals surface area contributed by atoms with E-state index in [4.69, 9.17) is 13.9 Å². The summed E-state index contributed by atoms with van der Waals surface area (Å²) in [5, 5.41) is 5.05. The Morgan fingerprint density at radius 3 is 2.75 bits per heavy atom. The molecule has 0 bridgehead atoms. The Morgan fingerprint density at radius 1 is 1.14 bits per heavy atom. The molecule has 0 spiro atoms. The van der Waals surface area contributed by atoms with Gasteiger partial charge in [-0.1, -0.05) is 0 Å². The van der Waals surface area contributed by atoms with Crippen LogP contribution in [-0.2, 0) is 0 Å². The van der Waals surface area contributed by atoms with Crippen LogP contribution in [0.2, 0.25) is 0 Å². The van der Waals surface area contributed by atoms with E-state index in [0.717, 1.165) is 5.56 Å². The lowest BCUT2D eigenvalue weighted by molar-refractivity contribution is 0.102. The van der Waals surface area contributed by atoms with Crippen LogP contribution in [0, 0.1) is 0 Å². The number of carbonyl (C=O) groups is 1. The fourth-order valence-electron chi connectivity index (χ4n) is 2.72. The summed E-state index contributed by atoms with van der Waals surface area (Å²) in [5.41, 5.74) is 2.97. The van der Waals surface area contributed by atoms with Crippen molar-refractivity contribution in [3.63, 3.8) is 0 Å². The van der Waals surface area contributed by atoms with Crippen molar-refractivity contribution in [2.45, 2.75) is 0 Å². The van der Waals surface area contributed by atoms with E-state index in [-0.39, 0.29) is 5.91 Å². The quantitative estimate of drug-likeness (QED) is 0.534. The van der Waals surface area contributed by atoms with Crippen LogP contribution in [0.3, 0.4) is 0 Å². The molecule has 0 aliphatic heterocycles. The fraction of sp³-hybridized carbons (Fsp3) is 0.105. The van der Waals surface area contributed by atoms with Crippen molar-refractivity contribution in [2.75, 3.05) is 19.5 Å². The molecule has 0 fully saturated rings. The highest BCUT2D eigenvalue weighted by Gasteiger charge is 2.13. The third-order valence-corrected chi connectivity index (χ3v) is 4.84. The first-order chi connectivity index (χ1) is 13.6. The van der Waals surface area contributed by atoms with E-state index in [1.807, 2.05) is 5.38 Å². The van der Waals surface area contributed by atoms with Gasteiger partial charge in [-0.3, -0.25) is 15.1 Å². The molecule has 2 aromatic carbocycles. The number of H-pyrrole nitrogens is 1. The Kier molecular flexibility index (Phi) is 4.58. The molecule has 4 aromatic rings. The third kappa shape index (κ3) is 3.35. The van der Waals surface area contributed by atoms with Gasteiger partial charge in [0.2, 0.25) is 0 Å². The molecule has 2 aromatic heterocycles. The molecule has 9 heteroatoms. The van der Waals surface area contributed by atoms with Crippen LogP contribution in [0.15, 0.2) is 51.0 Å². The second kappa shape index (κ2) is 7.20. The summed E-state index contributed by atoms with van der Waals surface area (Å²) < 4.78 is 15.4. The number of aromatic amines is 1. The Morgan fingerprint density at radius 2 is 1.96 bits per heavy atom. The van der Waals surface area contributed by atoms with Crippen molar-refractivity contribution >= 4 is 33.5 Å². The predicted octanol–water partition coefficient (Wildman–Crippen LogP) is 3.51. The molecule has 28 heavy (non-hydrogen) atoms. The zero-order valence-corrected chi connectivity index (χ0v) is 15.8. The number of benzene rings is 2. The summed E-state index contributed by atoms with van der Waals surface area (Å²) in [6.45, 7) is 0. The summed E-state index contributed by atoms with van der Waals surface area (Å²) in [4.78, 5) is 30.8. The number of hydrogen-bond donors (Lipinski definition) is 2. The van der Waals surface area contributed by atoms with Gasteiger partial charge >= 0.3 is 5.76 Å². The molecule has 142 valence electrons. The summed E-state index contributed by atoms with van der Waals surface area (Å²) in [6, 6.07) is 10.2. The smallest absolute Gasteiger partial charge is 0.417 e. The van der Waals surface area contributed by atoms with Gasteiger partial charge in [0, 0.05) is 16.5 Å². The lowest BCUT2D eigenvalue weighted by Crippen LogP contribution is -2.11. The number of nitrogens with zero attached hydrogens (tertiary/aromatic N) is 1. The first kappa shape index (κ1) is 17.8. The van der Waals surface area contributed by atoms with Gasteiger partial charge in [0.15, 0.2) is 22.2 Å². The molecule has 2 N–H and O–H groups in total. The van der Waals surface area contributed by atoms with Crippen LogP contribution in [0.25, 0.3) is 22.4 Å². The van der Waals surface area contributed by atoms with Crippen LogP contribution >= 0.6 is 11.3 Å². The number of thiazole rings is 1. The second-order valence-electron chi connectivity index (χ2n) is 5.79. The number of oxazole rings is 1. The third-order valence-electron chi connectivity index (χ3n) is 4.09. The average Bonchev–Trinajstić information content (AvgIpc) is 3.32. The highest BCUT2D eigenvalue weighted by atomic mass is 32.1. The molecule has 0 aliphatic rings. The minimum Gasteiger partial charge on any atom is -0.493 e. The molecule has 0 radical (unpaired) electrons. The predicted molar refractivity (Wildman–Crippen MR) is 105 cm³/mol. The van der Waals surface area contributed by atoms with Crippen molar-refractivity contribution in [1.29, 1.82) is 0 Å². The second-order valence-corrected chi connectivity index (χ2v) is 6.65. The van der Waals surface area contributed by atoms with Gasteiger partial charge in [-0.25, -0.2) is 9.78 Å². The number of anilines is 1. The number of aromatic nitrogens is 2. The van der Waals surface area contributed by atoms with Gasteiger partial charge in [0.05, 0.1) is 25.4 Å². The summed E-state index contributed by atoms with van der Waals surface area (Å²) >= 11 is 1.30. The number of carbonyl (C=O) groups excluding carboxylic acids is 1. The molecule has 0 aliphatic carbocycles. The maximum atomic E-state index is 12.5. The Hall–Kier alpha value is -3.59. The zero-order valence-electron chi connectivity index (χ0n) is 14.9. The largest absolute Gasteiger partial charge is 0.493 e. The SMILES string of the molecule is COc1ccc(C(=O)Nc2nc(-c3ccc4oc(=O)[nH]c4c3)cs2)cc1OC. The van der Waals surface area contributed by atoms with Crippen molar-refractivity contribution in [1.82, 2.24) is 9.97 Å². The summed E-state index contributed by atoms with van der Waals surface area (Å²) in [7, 11) is 3.04. The van der Waals surface area contributed by atoms with E-state index in [1.165, 1.54) is 25.6 Å². The minimum absolute atomic E-state index is 0.309. The number of rotatable bonds is 5. The molecule has 1 amide bonds. The van der Waals surface area contributed by atoms with Gasteiger partial charge in [-0.2, -0.15) is 0 Å².